The fraction of sp³-hybridized carbons (Fsp3) is 0.391. The van der Waals surface area contributed by atoms with Crippen molar-refractivity contribution in [1.29, 1.82) is 0 Å². The number of imide groups is 1. The van der Waals surface area contributed by atoms with Gasteiger partial charge in [0.2, 0.25) is 0 Å². The third kappa shape index (κ3) is 5.64. The zero-order chi connectivity index (χ0) is 26.2. The molecule has 3 amide bonds. The highest BCUT2D eigenvalue weighted by Gasteiger charge is 2.42. The number of halogens is 2. The highest BCUT2D eigenvalue weighted by atomic mass is 35.5. The number of pyridine rings is 1. The summed E-state index contributed by atoms with van der Waals surface area (Å²) in [7, 11) is -4.73. The first kappa shape index (κ1) is 26.3. The largest absolute Gasteiger partial charge is 0.335 e. The van der Waals surface area contributed by atoms with Crippen LogP contribution in [0.2, 0.25) is 10.0 Å². The van der Waals surface area contributed by atoms with Gasteiger partial charge in [0.15, 0.2) is 5.25 Å². The number of nitrogens with one attached hydrogen (secondary N) is 2. The lowest BCUT2D eigenvalue weighted by atomic mass is 10.0. The van der Waals surface area contributed by atoms with Crippen molar-refractivity contribution in [2.24, 2.45) is 11.0 Å². The molecule has 13 heteroatoms. The molecule has 0 spiro atoms. The van der Waals surface area contributed by atoms with Gasteiger partial charge in [-0.2, -0.15) is 13.5 Å². The van der Waals surface area contributed by atoms with Gasteiger partial charge in [-0.1, -0.05) is 23.2 Å². The van der Waals surface area contributed by atoms with Crippen LogP contribution < -0.4 is 15.6 Å². The summed E-state index contributed by atoms with van der Waals surface area (Å²) < 4.78 is 34.4. The molecule has 2 aliphatic rings. The zero-order valence-corrected chi connectivity index (χ0v) is 21.8. The lowest BCUT2D eigenvalue weighted by Crippen LogP contribution is -2.53. The molecule has 2 heterocycles. The summed E-state index contributed by atoms with van der Waals surface area (Å²) in [6, 6.07) is 5.91. The van der Waals surface area contributed by atoms with E-state index in [1.165, 1.54) is 18.3 Å². The second kappa shape index (κ2) is 10.3. The standard InChI is InChI=1S/C23H25Cl2N5O5S/c1-12-10-15(24)7-8-19(12)30(23(32)27-13(2)14-5-6-14)22(31)18-11-17(28-29-18)21(36(33,34)35)20-16(25)4-3-9-26-20/h3-4,7-10,13-14,18,21,29H,5-6,11H2,1-2H3,(H,27,32)(H,33,34,35). The Labute approximate surface area is 218 Å². The highest BCUT2D eigenvalue weighted by molar-refractivity contribution is 7.86. The molecule has 0 radical (unpaired) electrons. The number of amides is 3. The quantitative estimate of drug-likeness (QED) is 0.441. The Hall–Kier alpha value is -2.73. The van der Waals surface area contributed by atoms with E-state index in [-0.39, 0.29) is 28.9 Å². The normalized spacial score (nSPS) is 19.1. The molecule has 3 N–H and O–H groups in total. The summed E-state index contributed by atoms with van der Waals surface area (Å²) in [5.74, 6) is -0.295. The van der Waals surface area contributed by atoms with Crippen LogP contribution in [0.25, 0.3) is 0 Å². The number of nitrogens with zero attached hydrogens (tertiary/aromatic N) is 3. The van der Waals surface area contributed by atoms with Gasteiger partial charge in [-0.15, -0.1) is 0 Å². The van der Waals surface area contributed by atoms with Gasteiger partial charge in [0.1, 0.15) is 6.04 Å². The maximum absolute atomic E-state index is 13.7. The number of anilines is 1. The monoisotopic (exact) mass is 553 g/mol. The summed E-state index contributed by atoms with van der Waals surface area (Å²) >= 11 is 12.2. The van der Waals surface area contributed by atoms with Crippen LogP contribution in [0.15, 0.2) is 41.6 Å². The number of carbonyl (C=O) groups excluding carboxylic acids is 2. The number of hydrogen-bond acceptors (Lipinski definition) is 7. The van der Waals surface area contributed by atoms with Crippen LogP contribution in [-0.2, 0) is 14.9 Å². The molecule has 3 unspecified atom stereocenters. The van der Waals surface area contributed by atoms with E-state index in [0.29, 0.717) is 22.2 Å². The molecule has 4 rings (SSSR count). The van der Waals surface area contributed by atoms with E-state index in [2.05, 4.69) is 20.8 Å². The van der Waals surface area contributed by atoms with E-state index in [1.54, 1.807) is 25.1 Å². The van der Waals surface area contributed by atoms with Gasteiger partial charge in [0.05, 0.1) is 22.1 Å². The van der Waals surface area contributed by atoms with Crippen molar-refractivity contribution in [2.75, 3.05) is 4.90 Å². The molecule has 1 aliphatic heterocycles. The molecule has 36 heavy (non-hydrogen) atoms. The van der Waals surface area contributed by atoms with Gasteiger partial charge in [-0.3, -0.25) is 19.8 Å². The third-order valence-electron chi connectivity index (χ3n) is 6.21. The minimum atomic E-state index is -4.73. The lowest BCUT2D eigenvalue weighted by Gasteiger charge is -2.27. The number of carbonyl (C=O) groups is 2. The Kier molecular flexibility index (Phi) is 7.56. The van der Waals surface area contributed by atoms with Crippen molar-refractivity contribution >= 4 is 56.7 Å². The molecule has 0 bridgehead atoms. The fourth-order valence-corrected chi connectivity index (χ4v) is 5.64. The molecule has 1 aliphatic carbocycles. The molecule has 1 saturated carbocycles. The Morgan fingerprint density at radius 2 is 1.97 bits per heavy atom. The van der Waals surface area contributed by atoms with Crippen molar-refractivity contribution in [3.63, 3.8) is 0 Å². The predicted molar refractivity (Wildman–Crippen MR) is 137 cm³/mol. The highest BCUT2D eigenvalue weighted by Crippen LogP contribution is 2.34. The molecule has 3 atom stereocenters. The Bertz CT molecular complexity index is 1330. The van der Waals surface area contributed by atoms with E-state index < -0.39 is 33.3 Å². The van der Waals surface area contributed by atoms with Crippen LogP contribution in [0, 0.1) is 12.8 Å². The lowest BCUT2D eigenvalue weighted by molar-refractivity contribution is -0.119. The summed E-state index contributed by atoms with van der Waals surface area (Å²) in [5, 5.41) is 5.70. The summed E-state index contributed by atoms with van der Waals surface area (Å²) in [6.45, 7) is 3.61. The van der Waals surface area contributed by atoms with Gasteiger partial charge in [0, 0.05) is 23.7 Å². The average molecular weight is 554 g/mol. The second-order valence-electron chi connectivity index (χ2n) is 8.93. The van der Waals surface area contributed by atoms with Crippen LogP contribution in [0.5, 0.6) is 0 Å². The first-order chi connectivity index (χ1) is 17.0. The zero-order valence-electron chi connectivity index (χ0n) is 19.5. The minimum Gasteiger partial charge on any atom is -0.335 e. The van der Waals surface area contributed by atoms with Crippen molar-refractivity contribution in [3.8, 4) is 0 Å². The van der Waals surface area contributed by atoms with E-state index in [0.717, 1.165) is 17.7 Å². The van der Waals surface area contributed by atoms with E-state index >= 15 is 0 Å². The van der Waals surface area contributed by atoms with E-state index in [1.807, 2.05) is 6.92 Å². The van der Waals surface area contributed by atoms with Crippen molar-refractivity contribution in [3.05, 3.63) is 57.8 Å². The maximum atomic E-state index is 13.7. The number of hydrazone groups is 1. The molecule has 1 fully saturated rings. The fourth-order valence-electron chi connectivity index (χ4n) is 4.16. The van der Waals surface area contributed by atoms with Gasteiger partial charge < -0.3 is 5.32 Å². The molecule has 192 valence electrons. The summed E-state index contributed by atoms with van der Waals surface area (Å²) in [4.78, 5) is 32.0. The predicted octanol–water partition coefficient (Wildman–Crippen LogP) is 3.88. The van der Waals surface area contributed by atoms with Crippen molar-refractivity contribution in [2.45, 2.75) is 50.4 Å². The molecule has 1 aromatic carbocycles. The van der Waals surface area contributed by atoms with Gasteiger partial charge in [-0.05, 0) is 68.5 Å². The Balaban J connectivity index is 1.62. The minimum absolute atomic E-state index is 0.0180. The average Bonchev–Trinajstić information content (AvgIpc) is 3.54. The van der Waals surface area contributed by atoms with Crippen molar-refractivity contribution < 1.29 is 22.6 Å². The van der Waals surface area contributed by atoms with Crippen molar-refractivity contribution in [1.82, 2.24) is 15.7 Å². The Morgan fingerprint density at radius 1 is 1.25 bits per heavy atom. The molecule has 10 nitrogen and oxygen atoms in total. The van der Waals surface area contributed by atoms with Crippen LogP contribution in [0.1, 0.15) is 42.7 Å². The summed E-state index contributed by atoms with van der Waals surface area (Å²) in [6.07, 6.45) is 3.14. The number of hydrogen-bond donors (Lipinski definition) is 3. The first-order valence-electron chi connectivity index (χ1n) is 11.3. The number of aromatic nitrogens is 1. The molecular formula is C23H25Cl2N5O5S. The smallest absolute Gasteiger partial charge is 0.329 e. The van der Waals surface area contributed by atoms with Crippen LogP contribution in [-0.4, -0.2) is 47.7 Å². The van der Waals surface area contributed by atoms with Gasteiger partial charge in [0.25, 0.3) is 16.0 Å². The number of urea groups is 1. The van der Waals surface area contributed by atoms with Gasteiger partial charge in [-0.25, -0.2) is 9.69 Å². The Morgan fingerprint density at radius 3 is 2.58 bits per heavy atom. The second-order valence-corrected chi connectivity index (χ2v) is 11.3. The molecule has 2 aromatic rings. The topological polar surface area (TPSA) is 141 Å². The maximum Gasteiger partial charge on any atom is 0.329 e. The van der Waals surface area contributed by atoms with Gasteiger partial charge >= 0.3 is 6.03 Å². The number of benzene rings is 1. The number of rotatable bonds is 7. The first-order valence-corrected chi connectivity index (χ1v) is 13.5. The molecule has 0 saturated heterocycles. The van der Waals surface area contributed by atoms with E-state index in [9.17, 15) is 22.6 Å². The molecule has 1 aromatic heterocycles. The van der Waals surface area contributed by atoms with Crippen LogP contribution in [0.3, 0.4) is 0 Å². The molecular weight excluding hydrogens is 529 g/mol. The third-order valence-corrected chi connectivity index (χ3v) is 7.86. The number of aryl methyl sites for hydroxylation is 1. The van der Waals surface area contributed by atoms with Crippen LogP contribution in [0.4, 0.5) is 10.5 Å². The summed E-state index contributed by atoms with van der Waals surface area (Å²) in [5.41, 5.74) is 3.37. The SMILES string of the molecule is Cc1cc(Cl)ccc1N(C(=O)NC(C)C1CC1)C(=O)C1CC(C(c2ncccc2Cl)S(=O)(=O)O)=NN1. The van der Waals surface area contributed by atoms with E-state index in [4.69, 9.17) is 23.2 Å². The van der Waals surface area contributed by atoms with Crippen LogP contribution >= 0.6 is 23.2 Å².